The molecule has 0 aromatic heterocycles. The van der Waals surface area contributed by atoms with Crippen LogP contribution in [0, 0.1) is 58.8 Å². The highest BCUT2D eigenvalue weighted by Gasteiger charge is 2.33. The van der Waals surface area contributed by atoms with Gasteiger partial charge in [0.15, 0.2) is 23.1 Å². The fourth-order valence-electron chi connectivity index (χ4n) is 12.3. The summed E-state index contributed by atoms with van der Waals surface area (Å²) in [6, 6.07) is 6.26. The standard InChI is InChI=1S/C64H91F7O2/c1-3-5-11-17-47-21-25-49(26-22-47)29-31-51-33-37-53(38-34-51)56-41-43-58(62(67)60(56)65)72-45-15-9-7-13-19-55(64(69,70)71)20-14-8-10-16-46-73-59-44-42-57(61(66)63(59)68)54-39-35-52(36-40-54)32-30-50-27-23-48(24-28-50)18-12-6-4-2/h19,29-32,37,41-44,47-52,54H,3-18,20-28,33-36,38-40,45-46H2,1-2H3/b31-29+,32-30+,55-19-. The third-order valence-electron chi connectivity index (χ3n) is 17.1. The molecule has 0 N–H and O–H groups in total. The minimum Gasteiger partial charge on any atom is -0.490 e. The molecule has 3 fully saturated rings. The summed E-state index contributed by atoms with van der Waals surface area (Å²) in [5.74, 6) is 0.0739. The highest BCUT2D eigenvalue weighted by molar-refractivity contribution is 5.67. The lowest BCUT2D eigenvalue weighted by Gasteiger charge is -2.29. The van der Waals surface area contributed by atoms with Gasteiger partial charge >= 0.3 is 6.18 Å². The predicted octanol–water partition coefficient (Wildman–Crippen LogP) is 21.0. The topological polar surface area (TPSA) is 18.5 Å². The number of hydrogen-bond acceptors (Lipinski definition) is 2. The summed E-state index contributed by atoms with van der Waals surface area (Å²) < 4.78 is 114. The zero-order chi connectivity index (χ0) is 51.8. The van der Waals surface area contributed by atoms with Crippen LogP contribution >= 0.6 is 0 Å². The maximum atomic E-state index is 15.3. The van der Waals surface area contributed by atoms with Crippen LogP contribution in [0.15, 0.2) is 66.3 Å². The van der Waals surface area contributed by atoms with Gasteiger partial charge in [-0.15, -0.1) is 0 Å². The van der Waals surface area contributed by atoms with Gasteiger partial charge in [0, 0.05) is 11.1 Å². The molecule has 73 heavy (non-hydrogen) atoms. The smallest absolute Gasteiger partial charge is 0.412 e. The van der Waals surface area contributed by atoms with Gasteiger partial charge in [0.1, 0.15) is 0 Å². The number of hydrogen-bond donors (Lipinski definition) is 0. The summed E-state index contributed by atoms with van der Waals surface area (Å²) in [5.41, 5.74) is 0.990. The number of allylic oxidation sites excluding steroid dienone is 8. The Kier molecular flexibility index (Phi) is 25.4. The van der Waals surface area contributed by atoms with Gasteiger partial charge in [-0.05, 0) is 212 Å². The molecule has 2 aromatic carbocycles. The van der Waals surface area contributed by atoms with Gasteiger partial charge < -0.3 is 9.47 Å². The van der Waals surface area contributed by atoms with Crippen molar-refractivity contribution in [3.63, 3.8) is 0 Å². The minimum atomic E-state index is -4.42. The van der Waals surface area contributed by atoms with Gasteiger partial charge in [-0.1, -0.05) is 121 Å². The number of ether oxygens (including phenoxy) is 2. The summed E-state index contributed by atoms with van der Waals surface area (Å²) in [7, 11) is 0. The maximum absolute atomic E-state index is 15.3. The number of benzene rings is 2. The molecule has 4 aliphatic carbocycles. The van der Waals surface area contributed by atoms with Crippen molar-refractivity contribution in [1.29, 1.82) is 0 Å². The number of halogens is 7. The second-order valence-electron chi connectivity index (χ2n) is 22.7. The first-order chi connectivity index (χ1) is 35.4. The second kappa shape index (κ2) is 31.5. The van der Waals surface area contributed by atoms with E-state index in [9.17, 15) is 13.2 Å². The molecular formula is C64H91F7O2. The van der Waals surface area contributed by atoms with E-state index in [0.717, 1.165) is 55.9 Å². The first-order valence-corrected chi connectivity index (χ1v) is 29.5. The molecule has 4 aliphatic rings. The molecule has 6 rings (SSSR count). The summed E-state index contributed by atoms with van der Waals surface area (Å²) in [6.45, 7) is 4.81. The quantitative estimate of drug-likeness (QED) is 0.0459. The van der Waals surface area contributed by atoms with Crippen molar-refractivity contribution >= 4 is 5.57 Å². The largest absolute Gasteiger partial charge is 0.490 e. The van der Waals surface area contributed by atoms with Crippen molar-refractivity contribution in [2.24, 2.45) is 35.5 Å². The van der Waals surface area contributed by atoms with Crippen molar-refractivity contribution in [1.82, 2.24) is 0 Å². The van der Waals surface area contributed by atoms with Crippen LogP contribution in [-0.4, -0.2) is 19.4 Å². The van der Waals surface area contributed by atoms with E-state index >= 15 is 17.6 Å². The molecule has 1 unspecified atom stereocenters. The van der Waals surface area contributed by atoms with E-state index in [-0.39, 0.29) is 49.0 Å². The molecule has 0 saturated heterocycles. The summed E-state index contributed by atoms with van der Waals surface area (Å²) in [5, 5.41) is 0. The third-order valence-corrected chi connectivity index (χ3v) is 17.1. The van der Waals surface area contributed by atoms with Gasteiger partial charge in [0.2, 0.25) is 11.6 Å². The molecule has 3 saturated carbocycles. The van der Waals surface area contributed by atoms with Crippen LogP contribution in [0.3, 0.4) is 0 Å². The van der Waals surface area contributed by atoms with Crippen LogP contribution in [0.5, 0.6) is 11.5 Å². The molecule has 9 heteroatoms. The second-order valence-corrected chi connectivity index (χ2v) is 22.7. The van der Waals surface area contributed by atoms with Crippen LogP contribution < -0.4 is 9.47 Å². The van der Waals surface area contributed by atoms with Crippen LogP contribution in [0.25, 0.3) is 5.57 Å². The highest BCUT2D eigenvalue weighted by atomic mass is 19.4. The number of alkyl halides is 3. The minimum absolute atomic E-state index is 0.0119. The van der Waals surface area contributed by atoms with E-state index in [1.54, 1.807) is 12.1 Å². The summed E-state index contributed by atoms with van der Waals surface area (Å²) >= 11 is 0. The Morgan fingerprint density at radius 1 is 0.521 bits per heavy atom. The van der Waals surface area contributed by atoms with E-state index < -0.39 is 35.0 Å². The first kappa shape index (κ1) is 58.8. The Hall–Kier alpha value is -3.49. The van der Waals surface area contributed by atoms with Crippen LogP contribution in [0.1, 0.15) is 236 Å². The molecule has 0 bridgehead atoms. The number of rotatable bonds is 29. The van der Waals surface area contributed by atoms with Crippen molar-refractivity contribution in [3.05, 3.63) is 101 Å². The SMILES string of the molecule is CCCCCC1CCC(/C=C/C2CC=C(c3ccc(OCCCCC/C=C(/CCCCCCOc4ccc(C5CCC(/C=C/C6CCC(CCCCC)CC6)CC5)c(F)c4F)C(F)(F)F)c(F)c3F)CC2)CC1. The number of unbranched alkanes of at least 4 members (excludes halogenated alkanes) is 10. The highest BCUT2D eigenvalue weighted by Crippen LogP contribution is 2.41. The molecule has 2 nitrogen and oxygen atoms in total. The lowest BCUT2D eigenvalue weighted by molar-refractivity contribution is -0.0944. The van der Waals surface area contributed by atoms with Gasteiger partial charge in [0.25, 0.3) is 0 Å². The molecule has 2 aromatic rings. The first-order valence-electron chi connectivity index (χ1n) is 29.5. The zero-order valence-corrected chi connectivity index (χ0v) is 44.8. The van der Waals surface area contributed by atoms with Crippen LogP contribution in [0.4, 0.5) is 30.7 Å². The van der Waals surface area contributed by atoms with Crippen LogP contribution in [-0.2, 0) is 0 Å². The Morgan fingerprint density at radius 2 is 1.03 bits per heavy atom. The lowest BCUT2D eigenvalue weighted by atomic mass is 9.76. The van der Waals surface area contributed by atoms with E-state index in [1.807, 2.05) is 6.08 Å². The molecule has 0 amide bonds. The molecule has 0 radical (unpaired) electrons. The molecule has 0 heterocycles. The van der Waals surface area contributed by atoms with Gasteiger partial charge in [-0.25, -0.2) is 8.78 Å². The Balaban J connectivity index is 0.809. The molecule has 1 atom stereocenters. The Morgan fingerprint density at radius 3 is 1.56 bits per heavy atom. The van der Waals surface area contributed by atoms with Crippen molar-refractivity contribution < 1.29 is 40.2 Å². The van der Waals surface area contributed by atoms with Gasteiger partial charge in [-0.3, -0.25) is 0 Å². The van der Waals surface area contributed by atoms with Crippen LogP contribution in [0.2, 0.25) is 0 Å². The molecule has 0 spiro atoms. The third kappa shape index (κ3) is 19.5. The van der Waals surface area contributed by atoms with E-state index in [4.69, 9.17) is 9.47 Å². The Labute approximate surface area is 436 Å². The fourth-order valence-corrected chi connectivity index (χ4v) is 12.3. The van der Waals surface area contributed by atoms with Gasteiger partial charge in [0.05, 0.1) is 13.2 Å². The average Bonchev–Trinajstić information content (AvgIpc) is 3.39. The fraction of sp³-hybridized carbons (Fsp3) is 0.688. The van der Waals surface area contributed by atoms with E-state index in [2.05, 4.69) is 38.2 Å². The lowest BCUT2D eigenvalue weighted by Crippen LogP contribution is -2.15. The van der Waals surface area contributed by atoms with Crippen molar-refractivity contribution in [2.45, 2.75) is 231 Å². The zero-order valence-electron chi connectivity index (χ0n) is 44.8. The predicted molar refractivity (Wildman–Crippen MR) is 287 cm³/mol. The molecule has 408 valence electrons. The van der Waals surface area contributed by atoms with Gasteiger partial charge in [-0.2, -0.15) is 22.0 Å². The average molecular weight is 1030 g/mol. The van der Waals surface area contributed by atoms with E-state index in [0.29, 0.717) is 80.6 Å². The normalized spacial score (nSPS) is 24.4. The van der Waals surface area contributed by atoms with Crippen molar-refractivity contribution in [3.8, 4) is 11.5 Å². The molecule has 0 aliphatic heterocycles. The molecular weight excluding hydrogens is 934 g/mol. The summed E-state index contributed by atoms with van der Waals surface area (Å²) in [6.07, 6.45) is 39.5. The monoisotopic (exact) mass is 1020 g/mol. The summed E-state index contributed by atoms with van der Waals surface area (Å²) in [4.78, 5) is 0. The Bertz CT molecular complexity index is 2030. The van der Waals surface area contributed by atoms with E-state index in [1.165, 1.54) is 121 Å². The maximum Gasteiger partial charge on any atom is 0.412 e. The van der Waals surface area contributed by atoms with Crippen molar-refractivity contribution in [2.75, 3.05) is 13.2 Å².